The molecular weight excluding hydrogens is 354 g/mol. The van der Waals surface area contributed by atoms with Crippen molar-refractivity contribution in [2.75, 3.05) is 13.7 Å². The Kier molecular flexibility index (Phi) is 5.52. The molecule has 0 amide bonds. The number of hydrogen-bond acceptors (Lipinski definition) is 6. The second-order valence-electron chi connectivity index (χ2n) is 5.16. The van der Waals surface area contributed by atoms with Gasteiger partial charge in [0, 0.05) is 5.56 Å². The van der Waals surface area contributed by atoms with Crippen LogP contribution in [0.1, 0.15) is 11.5 Å². The predicted octanol–water partition coefficient (Wildman–Crippen LogP) is 4.38. The molecule has 0 aliphatic heterocycles. The molecule has 0 unspecified atom stereocenters. The third-order valence-corrected chi connectivity index (χ3v) is 3.73. The minimum Gasteiger partial charge on any atom is -0.497 e. The van der Waals surface area contributed by atoms with E-state index in [9.17, 15) is 0 Å². The van der Waals surface area contributed by atoms with E-state index in [0.29, 0.717) is 16.6 Å². The van der Waals surface area contributed by atoms with Crippen molar-refractivity contribution >= 4 is 22.7 Å². The lowest BCUT2D eigenvalue weighted by Gasteiger charge is -2.01. The molecule has 0 saturated carbocycles. The number of rotatable bonds is 6. The molecule has 26 heavy (non-hydrogen) atoms. The first-order valence-electron chi connectivity index (χ1n) is 7.65. The first kappa shape index (κ1) is 17.5. The van der Waals surface area contributed by atoms with Crippen LogP contribution in [0, 0.1) is 11.3 Å². The lowest BCUT2D eigenvalue weighted by Crippen LogP contribution is -1.92. The van der Waals surface area contributed by atoms with Crippen LogP contribution in [0.25, 0.3) is 22.5 Å². The summed E-state index contributed by atoms with van der Waals surface area (Å²) in [7, 11) is 1.61. The van der Waals surface area contributed by atoms with E-state index in [1.54, 1.807) is 25.3 Å². The van der Waals surface area contributed by atoms with Gasteiger partial charge in [0.15, 0.2) is 6.61 Å². The van der Waals surface area contributed by atoms with Crippen LogP contribution in [0.4, 0.5) is 0 Å². The fourth-order valence-electron chi connectivity index (χ4n) is 2.16. The molecule has 3 rings (SSSR count). The molecule has 0 spiro atoms. The quantitative estimate of drug-likeness (QED) is 0.642. The van der Waals surface area contributed by atoms with Crippen LogP contribution in [-0.4, -0.2) is 23.9 Å². The Morgan fingerprint density at radius 3 is 2.50 bits per heavy atom. The van der Waals surface area contributed by atoms with Gasteiger partial charge < -0.3 is 14.0 Å². The van der Waals surface area contributed by atoms with E-state index in [-0.39, 0.29) is 12.5 Å². The monoisotopic (exact) mass is 367 g/mol. The molecule has 130 valence electrons. The van der Waals surface area contributed by atoms with Gasteiger partial charge >= 0.3 is 0 Å². The smallest absolute Gasteiger partial charge is 0.269 e. The van der Waals surface area contributed by atoms with Crippen molar-refractivity contribution in [1.82, 2.24) is 10.1 Å². The van der Waals surface area contributed by atoms with E-state index in [1.807, 2.05) is 42.5 Å². The van der Waals surface area contributed by atoms with Crippen LogP contribution >= 0.6 is 11.6 Å². The zero-order valence-electron chi connectivity index (χ0n) is 13.8. The van der Waals surface area contributed by atoms with E-state index >= 15 is 0 Å². The average molecular weight is 368 g/mol. The molecule has 2 aromatic carbocycles. The fourth-order valence-corrected chi connectivity index (χ4v) is 2.36. The van der Waals surface area contributed by atoms with Crippen molar-refractivity contribution in [3.63, 3.8) is 0 Å². The third kappa shape index (κ3) is 4.21. The van der Waals surface area contributed by atoms with Crippen molar-refractivity contribution in [3.8, 4) is 29.0 Å². The lowest BCUT2D eigenvalue weighted by atomic mass is 10.2. The van der Waals surface area contributed by atoms with Crippen LogP contribution in [-0.2, 0) is 0 Å². The second-order valence-corrected chi connectivity index (χ2v) is 5.57. The Balaban J connectivity index is 1.75. The molecule has 0 bridgehead atoms. The maximum atomic E-state index is 8.51. The summed E-state index contributed by atoms with van der Waals surface area (Å²) in [5.74, 6) is 2.02. The van der Waals surface area contributed by atoms with Gasteiger partial charge in [0.05, 0.1) is 7.11 Å². The highest BCUT2D eigenvalue weighted by Gasteiger charge is 2.11. The van der Waals surface area contributed by atoms with Crippen molar-refractivity contribution in [2.24, 2.45) is 0 Å². The maximum Gasteiger partial charge on any atom is 0.269 e. The molecule has 0 fully saturated rings. The Hall–Kier alpha value is -3.30. The molecule has 3 aromatic rings. The molecular formula is C19H14ClN3O3. The number of methoxy groups -OCH3 is 1. The molecule has 0 radical (unpaired) electrons. The van der Waals surface area contributed by atoms with Crippen molar-refractivity contribution in [3.05, 3.63) is 60.0 Å². The zero-order valence-corrected chi connectivity index (χ0v) is 14.6. The summed E-state index contributed by atoms with van der Waals surface area (Å²) in [5, 5.41) is 12.8. The highest BCUT2D eigenvalue weighted by Crippen LogP contribution is 2.25. The highest BCUT2D eigenvalue weighted by molar-refractivity contribution is 6.50. The van der Waals surface area contributed by atoms with Gasteiger partial charge in [-0.1, -0.05) is 28.9 Å². The predicted molar refractivity (Wildman–Crippen MR) is 97.6 cm³/mol. The summed E-state index contributed by atoms with van der Waals surface area (Å²) in [6.07, 6.45) is 1.71. The van der Waals surface area contributed by atoms with Crippen LogP contribution in [0.5, 0.6) is 11.5 Å². The number of ether oxygens (including phenoxy) is 2. The second kappa shape index (κ2) is 8.19. The van der Waals surface area contributed by atoms with Gasteiger partial charge in [0.25, 0.3) is 5.89 Å². The Morgan fingerprint density at radius 2 is 1.85 bits per heavy atom. The first-order valence-corrected chi connectivity index (χ1v) is 8.03. The lowest BCUT2D eigenvalue weighted by molar-refractivity contribution is 0.368. The van der Waals surface area contributed by atoms with E-state index in [0.717, 1.165) is 16.9 Å². The van der Waals surface area contributed by atoms with Gasteiger partial charge in [-0.3, -0.25) is 0 Å². The van der Waals surface area contributed by atoms with Crippen LogP contribution in [0.2, 0.25) is 0 Å². The van der Waals surface area contributed by atoms with Gasteiger partial charge in [0.1, 0.15) is 22.6 Å². The van der Waals surface area contributed by atoms with Gasteiger partial charge in [-0.05, 0) is 48.0 Å². The van der Waals surface area contributed by atoms with Gasteiger partial charge in [-0.25, -0.2) is 0 Å². The molecule has 0 aliphatic carbocycles. The molecule has 0 saturated heterocycles. The Morgan fingerprint density at radius 1 is 1.15 bits per heavy atom. The SMILES string of the molecule is COc1ccc(-c2noc(/C(Cl)=C/c3ccc(OCC#N)cc3)n2)cc1. The Labute approximate surface area is 155 Å². The topological polar surface area (TPSA) is 81.2 Å². The molecule has 0 N–H and O–H groups in total. The minimum atomic E-state index is 0.00602. The summed E-state index contributed by atoms with van der Waals surface area (Å²) >= 11 is 6.28. The Bertz CT molecular complexity index is 941. The standard InChI is InChI=1S/C19H14ClN3O3/c1-24-15-8-4-14(5-9-15)18-22-19(26-23-18)17(20)12-13-2-6-16(7-3-13)25-11-10-21/h2-9,12H,11H2,1H3/b17-12-. The minimum absolute atomic E-state index is 0.00602. The number of nitriles is 1. The van der Waals surface area contributed by atoms with Crippen LogP contribution in [0.15, 0.2) is 53.1 Å². The van der Waals surface area contributed by atoms with Crippen LogP contribution < -0.4 is 9.47 Å². The van der Waals surface area contributed by atoms with E-state index in [4.69, 9.17) is 30.9 Å². The third-order valence-electron chi connectivity index (χ3n) is 3.46. The number of hydrogen-bond donors (Lipinski definition) is 0. The summed E-state index contributed by atoms with van der Waals surface area (Å²) in [6.45, 7) is 0.00602. The molecule has 1 heterocycles. The summed E-state index contributed by atoms with van der Waals surface area (Å²) in [5.41, 5.74) is 1.63. The largest absolute Gasteiger partial charge is 0.497 e. The number of aromatic nitrogens is 2. The summed E-state index contributed by atoms with van der Waals surface area (Å²) < 4.78 is 15.6. The van der Waals surface area contributed by atoms with E-state index in [2.05, 4.69) is 10.1 Å². The van der Waals surface area contributed by atoms with Gasteiger partial charge in [-0.2, -0.15) is 10.2 Å². The number of benzene rings is 2. The van der Waals surface area contributed by atoms with E-state index in [1.165, 1.54) is 0 Å². The molecule has 0 atom stereocenters. The molecule has 7 heteroatoms. The van der Waals surface area contributed by atoms with E-state index < -0.39 is 0 Å². The van der Waals surface area contributed by atoms with Crippen molar-refractivity contribution in [2.45, 2.75) is 0 Å². The maximum absolute atomic E-state index is 8.51. The molecule has 1 aromatic heterocycles. The molecule has 0 aliphatic rings. The van der Waals surface area contributed by atoms with Gasteiger partial charge in [0.2, 0.25) is 5.82 Å². The molecule has 6 nitrogen and oxygen atoms in total. The fraction of sp³-hybridized carbons (Fsp3) is 0.105. The first-order chi connectivity index (χ1) is 12.7. The normalized spacial score (nSPS) is 11.0. The summed E-state index contributed by atoms with van der Waals surface area (Å²) in [6, 6.07) is 16.4. The summed E-state index contributed by atoms with van der Waals surface area (Å²) in [4.78, 5) is 4.31. The average Bonchev–Trinajstić information content (AvgIpc) is 3.18. The zero-order chi connectivity index (χ0) is 18.4. The number of nitrogens with zero attached hydrogens (tertiary/aromatic N) is 3. The van der Waals surface area contributed by atoms with Crippen molar-refractivity contribution in [1.29, 1.82) is 5.26 Å². The van der Waals surface area contributed by atoms with Crippen molar-refractivity contribution < 1.29 is 14.0 Å². The number of halogens is 1. The van der Waals surface area contributed by atoms with Crippen LogP contribution in [0.3, 0.4) is 0 Å². The van der Waals surface area contributed by atoms with Gasteiger partial charge in [-0.15, -0.1) is 0 Å². The highest BCUT2D eigenvalue weighted by atomic mass is 35.5.